The van der Waals surface area contributed by atoms with Crippen molar-refractivity contribution in [1.29, 1.82) is 0 Å². The predicted molar refractivity (Wildman–Crippen MR) is 60.5 cm³/mol. The van der Waals surface area contributed by atoms with Crippen molar-refractivity contribution in [2.75, 3.05) is 25.4 Å². The lowest BCUT2D eigenvalue weighted by molar-refractivity contribution is -0.140. The summed E-state index contributed by atoms with van der Waals surface area (Å²) >= 11 is 0. The lowest BCUT2D eigenvalue weighted by Gasteiger charge is -2.18. The molecule has 0 aliphatic carbocycles. The molecule has 1 heterocycles. The van der Waals surface area contributed by atoms with Crippen molar-refractivity contribution in [2.45, 2.75) is 32.6 Å². The zero-order chi connectivity index (χ0) is 12.0. The largest absolute Gasteiger partial charge is 0.465 e. The standard InChI is InChI=1S/C10H19NO4S/c1-2-15-10(12)9-16(13,14)11-7-5-3-4-6-8-11/h2-9H2,1H3. The maximum Gasteiger partial charge on any atom is 0.322 e. The second-order valence-corrected chi connectivity index (χ2v) is 5.84. The summed E-state index contributed by atoms with van der Waals surface area (Å²) in [5, 5.41) is 0. The maximum absolute atomic E-state index is 11.8. The fourth-order valence-electron chi connectivity index (χ4n) is 1.76. The van der Waals surface area contributed by atoms with E-state index in [-0.39, 0.29) is 6.61 Å². The van der Waals surface area contributed by atoms with Gasteiger partial charge in [0, 0.05) is 13.1 Å². The Morgan fingerprint density at radius 2 is 1.75 bits per heavy atom. The van der Waals surface area contributed by atoms with Gasteiger partial charge >= 0.3 is 5.97 Å². The number of rotatable bonds is 4. The van der Waals surface area contributed by atoms with Crippen LogP contribution in [0.25, 0.3) is 0 Å². The number of esters is 1. The third-order valence-corrected chi connectivity index (χ3v) is 4.32. The highest BCUT2D eigenvalue weighted by Gasteiger charge is 2.26. The molecule has 0 amide bonds. The predicted octanol–water partition coefficient (Wildman–Crippen LogP) is 0.755. The van der Waals surface area contributed by atoms with Gasteiger partial charge in [-0.05, 0) is 19.8 Å². The fourth-order valence-corrected chi connectivity index (χ4v) is 3.14. The molecule has 6 heteroatoms. The van der Waals surface area contributed by atoms with E-state index in [0.717, 1.165) is 25.7 Å². The molecule has 0 atom stereocenters. The summed E-state index contributed by atoms with van der Waals surface area (Å²) in [4.78, 5) is 11.2. The van der Waals surface area contributed by atoms with Crippen LogP contribution in [0.15, 0.2) is 0 Å². The smallest absolute Gasteiger partial charge is 0.322 e. The van der Waals surface area contributed by atoms with Crippen molar-refractivity contribution < 1.29 is 17.9 Å². The molecular weight excluding hydrogens is 230 g/mol. The van der Waals surface area contributed by atoms with Crippen molar-refractivity contribution in [3.8, 4) is 0 Å². The van der Waals surface area contributed by atoms with Crippen molar-refractivity contribution in [3.05, 3.63) is 0 Å². The van der Waals surface area contributed by atoms with E-state index in [4.69, 9.17) is 0 Å². The molecule has 1 aliphatic heterocycles. The third kappa shape index (κ3) is 4.09. The van der Waals surface area contributed by atoms with Gasteiger partial charge in [-0.25, -0.2) is 12.7 Å². The maximum atomic E-state index is 11.8. The normalized spacial score (nSPS) is 19.1. The molecule has 1 saturated heterocycles. The Morgan fingerprint density at radius 3 is 2.25 bits per heavy atom. The van der Waals surface area contributed by atoms with Gasteiger partial charge in [0.05, 0.1) is 6.61 Å². The van der Waals surface area contributed by atoms with Crippen LogP contribution in [0.1, 0.15) is 32.6 Å². The topological polar surface area (TPSA) is 63.7 Å². The molecule has 0 spiro atoms. The lowest BCUT2D eigenvalue weighted by Crippen LogP contribution is -2.36. The zero-order valence-corrected chi connectivity index (χ0v) is 10.5. The minimum atomic E-state index is -3.47. The van der Waals surface area contributed by atoms with Gasteiger partial charge in [-0.2, -0.15) is 0 Å². The number of carbonyl (C=O) groups excluding carboxylic acids is 1. The van der Waals surface area contributed by atoms with E-state index in [1.54, 1.807) is 6.92 Å². The molecule has 0 saturated carbocycles. The van der Waals surface area contributed by atoms with Gasteiger partial charge < -0.3 is 4.74 Å². The molecule has 0 radical (unpaired) electrons. The Kier molecular flexibility index (Phi) is 5.21. The highest BCUT2D eigenvalue weighted by molar-refractivity contribution is 7.89. The van der Waals surface area contributed by atoms with Gasteiger partial charge in [0.2, 0.25) is 10.0 Å². The van der Waals surface area contributed by atoms with E-state index in [9.17, 15) is 13.2 Å². The summed E-state index contributed by atoms with van der Waals surface area (Å²) in [6, 6.07) is 0. The number of sulfonamides is 1. The second-order valence-electron chi connectivity index (χ2n) is 3.87. The Bertz CT molecular complexity index is 318. The molecule has 0 aromatic rings. The zero-order valence-electron chi connectivity index (χ0n) is 9.65. The third-order valence-electron chi connectivity index (χ3n) is 2.56. The van der Waals surface area contributed by atoms with Crippen LogP contribution in [0, 0.1) is 0 Å². The number of ether oxygens (including phenoxy) is 1. The summed E-state index contributed by atoms with van der Waals surface area (Å²) < 4.78 is 29.8. The van der Waals surface area contributed by atoms with E-state index < -0.39 is 21.7 Å². The monoisotopic (exact) mass is 249 g/mol. The van der Waals surface area contributed by atoms with Crippen molar-refractivity contribution in [3.63, 3.8) is 0 Å². The average molecular weight is 249 g/mol. The summed E-state index contributed by atoms with van der Waals surface area (Å²) in [6.45, 7) is 2.94. The minimum Gasteiger partial charge on any atom is -0.465 e. The fraction of sp³-hybridized carbons (Fsp3) is 0.900. The van der Waals surface area contributed by atoms with Crippen LogP contribution in [0.2, 0.25) is 0 Å². The molecule has 1 rings (SSSR count). The Hall–Kier alpha value is -0.620. The number of carbonyl (C=O) groups is 1. The Morgan fingerprint density at radius 1 is 1.19 bits per heavy atom. The van der Waals surface area contributed by atoms with Crippen LogP contribution in [0.4, 0.5) is 0 Å². The molecule has 0 aromatic carbocycles. The van der Waals surface area contributed by atoms with Crippen molar-refractivity contribution in [1.82, 2.24) is 4.31 Å². The number of hydrogen-bond donors (Lipinski definition) is 0. The van der Waals surface area contributed by atoms with E-state index in [0.29, 0.717) is 13.1 Å². The molecule has 5 nitrogen and oxygen atoms in total. The highest BCUT2D eigenvalue weighted by atomic mass is 32.2. The average Bonchev–Trinajstić information content (AvgIpc) is 2.45. The van der Waals surface area contributed by atoms with E-state index >= 15 is 0 Å². The quantitative estimate of drug-likeness (QED) is 0.690. The molecule has 0 bridgehead atoms. The molecule has 1 aliphatic rings. The van der Waals surface area contributed by atoms with Gasteiger partial charge in [0.15, 0.2) is 5.75 Å². The van der Waals surface area contributed by atoms with Gasteiger partial charge in [-0.1, -0.05) is 12.8 Å². The SMILES string of the molecule is CCOC(=O)CS(=O)(=O)N1CCCCCC1. The molecule has 16 heavy (non-hydrogen) atoms. The van der Waals surface area contributed by atoms with Crippen LogP contribution < -0.4 is 0 Å². The molecule has 0 unspecified atom stereocenters. The van der Waals surface area contributed by atoms with Crippen LogP contribution in [0.5, 0.6) is 0 Å². The first kappa shape index (κ1) is 13.4. The number of hydrogen-bond acceptors (Lipinski definition) is 4. The van der Waals surface area contributed by atoms with Crippen LogP contribution in [0.3, 0.4) is 0 Å². The van der Waals surface area contributed by atoms with Gasteiger partial charge in [0.1, 0.15) is 0 Å². The van der Waals surface area contributed by atoms with Crippen LogP contribution >= 0.6 is 0 Å². The molecule has 0 N–H and O–H groups in total. The number of nitrogens with zero attached hydrogens (tertiary/aromatic N) is 1. The second kappa shape index (κ2) is 6.20. The Balaban J connectivity index is 2.57. The Labute approximate surface area is 96.8 Å². The first-order valence-electron chi connectivity index (χ1n) is 5.69. The van der Waals surface area contributed by atoms with Gasteiger partial charge in [-0.15, -0.1) is 0 Å². The molecule has 1 fully saturated rings. The van der Waals surface area contributed by atoms with E-state index in [1.807, 2.05) is 0 Å². The lowest BCUT2D eigenvalue weighted by atomic mass is 10.2. The molecular formula is C10H19NO4S. The molecule has 0 aromatic heterocycles. The first-order valence-corrected chi connectivity index (χ1v) is 7.30. The highest BCUT2D eigenvalue weighted by Crippen LogP contribution is 2.13. The van der Waals surface area contributed by atoms with Crippen LogP contribution in [-0.2, 0) is 19.6 Å². The summed E-state index contributed by atoms with van der Waals surface area (Å²) in [5.74, 6) is -1.19. The summed E-state index contributed by atoms with van der Waals surface area (Å²) in [6.07, 6.45) is 3.88. The van der Waals surface area contributed by atoms with Crippen molar-refractivity contribution in [2.24, 2.45) is 0 Å². The van der Waals surface area contributed by atoms with E-state index in [1.165, 1.54) is 4.31 Å². The van der Waals surface area contributed by atoms with E-state index in [2.05, 4.69) is 4.74 Å². The summed E-state index contributed by atoms with van der Waals surface area (Å²) in [7, 11) is -3.47. The van der Waals surface area contributed by atoms with Gasteiger partial charge in [0.25, 0.3) is 0 Å². The van der Waals surface area contributed by atoms with Crippen molar-refractivity contribution >= 4 is 16.0 Å². The first-order chi connectivity index (χ1) is 7.56. The summed E-state index contributed by atoms with van der Waals surface area (Å²) in [5.41, 5.74) is 0. The van der Waals surface area contributed by atoms with Crippen LogP contribution in [-0.4, -0.2) is 44.1 Å². The minimum absolute atomic E-state index is 0.217. The van der Waals surface area contributed by atoms with Gasteiger partial charge in [-0.3, -0.25) is 4.79 Å². The molecule has 94 valence electrons.